The predicted octanol–water partition coefficient (Wildman–Crippen LogP) is 0.843. The summed E-state index contributed by atoms with van der Waals surface area (Å²) in [5, 5.41) is 2.96. The molecule has 5 heteroatoms. The molecule has 0 atom stereocenters. The number of imidazole rings is 1. The zero-order valence-corrected chi connectivity index (χ0v) is 8.81. The molecule has 0 aliphatic carbocycles. The summed E-state index contributed by atoms with van der Waals surface area (Å²) in [6.45, 7) is 0. The van der Waals surface area contributed by atoms with Gasteiger partial charge < -0.3 is 9.88 Å². The van der Waals surface area contributed by atoms with Crippen molar-refractivity contribution in [2.45, 2.75) is 6.42 Å². The van der Waals surface area contributed by atoms with E-state index in [1.165, 1.54) is 0 Å². The van der Waals surface area contributed by atoms with Gasteiger partial charge in [-0.15, -0.1) is 0 Å². The molecular weight excluding hydrogens is 190 g/mol. The number of nitrogens with zero attached hydrogens (tertiary/aromatic N) is 4. The molecule has 15 heavy (non-hydrogen) atoms. The van der Waals surface area contributed by atoms with Gasteiger partial charge in [-0.05, 0) is 0 Å². The quantitative estimate of drug-likeness (QED) is 0.803. The Kier molecular flexibility index (Phi) is 2.62. The number of rotatable bonds is 3. The van der Waals surface area contributed by atoms with Crippen LogP contribution in [0, 0.1) is 0 Å². The lowest BCUT2D eigenvalue weighted by Crippen LogP contribution is -2.02. The number of aryl methyl sites for hydroxylation is 1. The van der Waals surface area contributed by atoms with E-state index in [2.05, 4.69) is 20.3 Å². The van der Waals surface area contributed by atoms with Crippen LogP contribution >= 0.6 is 0 Å². The minimum Gasteiger partial charge on any atom is -0.372 e. The molecule has 2 rings (SSSR count). The van der Waals surface area contributed by atoms with Gasteiger partial charge in [0.2, 0.25) is 0 Å². The topological polar surface area (TPSA) is 55.6 Å². The second-order valence-corrected chi connectivity index (χ2v) is 3.28. The highest BCUT2D eigenvalue weighted by Gasteiger charge is 2.03. The number of nitrogens with one attached hydrogen (secondary N) is 1. The molecule has 0 amide bonds. The first-order valence-corrected chi connectivity index (χ1v) is 4.74. The number of hydrogen-bond acceptors (Lipinski definition) is 4. The third-order valence-corrected chi connectivity index (χ3v) is 2.20. The van der Waals surface area contributed by atoms with Gasteiger partial charge in [0.05, 0.1) is 11.9 Å². The molecule has 0 fully saturated rings. The molecular formula is C10H13N5. The standard InChI is InChI=1S/C10H13N5/c1-11-9-7-12-6-8(14-9)5-10-13-3-4-15(10)2/h3-4,6-7H,5H2,1-2H3,(H,11,14). The van der Waals surface area contributed by atoms with Crippen LogP contribution < -0.4 is 5.32 Å². The number of anilines is 1. The van der Waals surface area contributed by atoms with E-state index in [1.54, 1.807) is 18.6 Å². The molecule has 2 aromatic heterocycles. The van der Waals surface area contributed by atoms with Crippen LogP contribution in [0.25, 0.3) is 0 Å². The Morgan fingerprint density at radius 1 is 1.40 bits per heavy atom. The maximum atomic E-state index is 4.38. The molecule has 0 saturated carbocycles. The molecule has 5 nitrogen and oxygen atoms in total. The lowest BCUT2D eigenvalue weighted by Gasteiger charge is -2.03. The molecule has 2 heterocycles. The Balaban J connectivity index is 2.21. The molecule has 0 saturated heterocycles. The molecule has 2 aromatic rings. The van der Waals surface area contributed by atoms with Gasteiger partial charge in [-0.2, -0.15) is 0 Å². The van der Waals surface area contributed by atoms with Crippen LogP contribution in [-0.2, 0) is 13.5 Å². The van der Waals surface area contributed by atoms with E-state index in [9.17, 15) is 0 Å². The van der Waals surface area contributed by atoms with Gasteiger partial charge in [0.1, 0.15) is 11.6 Å². The third-order valence-electron chi connectivity index (χ3n) is 2.20. The van der Waals surface area contributed by atoms with E-state index in [0.29, 0.717) is 6.42 Å². The largest absolute Gasteiger partial charge is 0.372 e. The lowest BCUT2D eigenvalue weighted by molar-refractivity contribution is 0.809. The summed E-state index contributed by atoms with van der Waals surface area (Å²) in [6, 6.07) is 0. The van der Waals surface area contributed by atoms with Crippen molar-refractivity contribution < 1.29 is 0 Å². The van der Waals surface area contributed by atoms with Crippen LogP contribution in [-0.4, -0.2) is 26.6 Å². The fraction of sp³-hybridized carbons (Fsp3) is 0.300. The second-order valence-electron chi connectivity index (χ2n) is 3.28. The van der Waals surface area contributed by atoms with E-state index in [-0.39, 0.29) is 0 Å². The van der Waals surface area contributed by atoms with Crippen molar-refractivity contribution >= 4 is 5.82 Å². The fourth-order valence-corrected chi connectivity index (χ4v) is 1.34. The molecule has 0 radical (unpaired) electrons. The predicted molar refractivity (Wildman–Crippen MR) is 57.6 cm³/mol. The van der Waals surface area contributed by atoms with Crippen LogP contribution in [0.3, 0.4) is 0 Å². The minimum absolute atomic E-state index is 0.700. The highest BCUT2D eigenvalue weighted by Crippen LogP contribution is 2.06. The van der Waals surface area contributed by atoms with Crippen molar-refractivity contribution in [3.05, 3.63) is 36.3 Å². The SMILES string of the molecule is CNc1cncc(Cc2nccn2C)n1. The summed E-state index contributed by atoms with van der Waals surface area (Å²) < 4.78 is 1.98. The molecule has 1 N–H and O–H groups in total. The third kappa shape index (κ3) is 2.12. The van der Waals surface area contributed by atoms with Crippen LogP contribution in [0.1, 0.15) is 11.5 Å². The zero-order chi connectivity index (χ0) is 10.7. The normalized spacial score (nSPS) is 10.3. The Bertz CT molecular complexity index is 449. The van der Waals surface area contributed by atoms with Crippen LogP contribution in [0.4, 0.5) is 5.82 Å². The summed E-state index contributed by atoms with van der Waals surface area (Å²) in [6.07, 6.45) is 7.86. The first-order valence-electron chi connectivity index (χ1n) is 4.74. The van der Waals surface area contributed by atoms with Crippen molar-refractivity contribution in [2.75, 3.05) is 12.4 Å². The smallest absolute Gasteiger partial charge is 0.144 e. The van der Waals surface area contributed by atoms with Gasteiger partial charge in [-0.25, -0.2) is 9.97 Å². The molecule has 0 aliphatic rings. The van der Waals surface area contributed by atoms with Crippen molar-refractivity contribution in [2.24, 2.45) is 7.05 Å². The molecule has 0 spiro atoms. The summed E-state index contributed by atoms with van der Waals surface area (Å²) in [5.41, 5.74) is 0.913. The van der Waals surface area contributed by atoms with Gasteiger partial charge in [-0.3, -0.25) is 4.98 Å². The summed E-state index contributed by atoms with van der Waals surface area (Å²) in [4.78, 5) is 12.7. The van der Waals surface area contributed by atoms with Gasteiger partial charge in [-0.1, -0.05) is 0 Å². The summed E-state index contributed by atoms with van der Waals surface area (Å²) in [7, 11) is 3.80. The number of hydrogen-bond donors (Lipinski definition) is 1. The monoisotopic (exact) mass is 203 g/mol. The Hall–Kier alpha value is -1.91. The zero-order valence-electron chi connectivity index (χ0n) is 8.81. The van der Waals surface area contributed by atoms with Gasteiger partial charge in [0.25, 0.3) is 0 Å². The van der Waals surface area contributed by atoms with Crippen molar-refractivity contribution in [1.82, 2.24) is 19.5 Å². The Morgan fingerprint density at radius 2 is 2.27 bits per heavy atom. The van der Waals surface area contributed by atoms with Crippen LogP contribution in [0.5, 0.6) is 0 Å². The van der Waals surface area contributed by atoms with Crippen LogP contribution in [0.15, 0.2) is 24.8 Å². The van der Waals surface area contributed by atoms with Gasteiger partial charge in [0, 0.05) is 39.1 Å². The molecule has 0 aromatic carbocycles. The lowest BCUT2D eigenvalue weighted by atomic mass is 10.3. The van der Waals surface area contributed by atoms with Gasteiger partial charge in [0.15, 0.2) is 0 Å². The summed E-state index contributed by atoms with van der Waals surface area (Å²) in [5.74, 6) is 1.76. The maximum absolute atomic E-state index is 4.38. The van der Waals surface area contributed by atoms with E-state index in [1.807, 2.05) is 24.9 Å². The van der Waals surface area contributed by atoms with Crippen molar-refractivity contribution in [3.63, 3.8) is 0 Å². The highest BCUT2D eigenvalue weighted by atomic mass is 15.0. The molecule has 0 bridgehead atoms. The second kappa shape index (κ2) is 4.08. The average Bonchev–Trinajstić information content (AvgIpc) is 2.65. The summed E-state index contributed by atoms with van der Waals surface area (Å²) >= 11 is 0. The van der Waals surface area contributed by atoms with E-state index < -0.39 is 0 Å². The fourth-order valence-electron chi connectivity index (χ4n) is 1.34. The Morgan fingerprint density at radius 3 is 2.93 bits per heavy atom. The van der Waals surface area contributed by atoms with E-state index in [0.717, 1.165) is 17.3 Å². The van der Waals surface area contributed by atoms with Gasteiger partial charge >= 0.3 is 0 Å². The first kappa shape index (κ1) is 9.64. The molecule has 0 aliphatic heterocycles. The van der Waals surface area contributed by atoms with E-state index in [4.69, 9.17) is 0 Å². The maximum Gasteiger partial charge on any atom is 0.144 e. The van der Waals surface area contributed by atoms with E-state index >= 15 is 0 Å². The molecule has 78 valence electrons. The Labute approximate surface area is 88.2 Å². The van der Waals surface area contributed by atoms with Crippen molar-refractivity contribution in [1.29, 1.82) is 0 Å². The minimum atomic E-state index is 0.700. The van der Waals surface area contributed by atoms with Crippen molar-refractivity contribution in [3.8, 4) is 0 Å². The first-order chi connectivity index (χ1) is 7.29. The average molecular weight is 203 g/mol. The van der Waals surface area contributed by atoms with Crippen LogP contribution in [0.2, 0.25) is 0 Å². The number of aromatic nitrogens is 4. The molecule has 0 unspecified atom stereocenters. The highest BCUT2D eigenvalue weighted by molar-refractivity contribution is 5.30.